The molecule has 0 unspecified atom stereocenters. The molecular weight excluding hydrogens is 375 g/mol. The molecule has 0 aliphatic carbocycles. The molecule has 1 N–H and O–H groups in total. The van der Waals surface area contributed by atoms with Gasteiger partial charge >= 0.3 is 0 Å². The quantitative estimate of drug-likeness (QED) is 0.574. The molecule has 3 heterocycles. The number of aromatic nitrogens is 4. The first-order valence-electron chi connectivity index (χ1n) is 8.06. The highest BCUT2D eigenvalue weighted by atomic mass is 19.3. The van der Waals surface area contributed by atoms with Crippen molar-refractivity contribution in [1.82, 2.24) is 19.5 Å². The number of hydrogen-bond acceptors (Lipinski definition) is 5. The molecular formula is C18H12F3N5O2. The molecule has 0 saturated carbocycles. The van der Waals surface area contributed by atoms with Crippen LogP contribution in [-0.2, 0) is 5.92 Å². The van der Waals surface area contributed by atoms with E-state index in [-0.39, 0.29) is 28.4 Å². The van der Waals surface area contributed by atoms with Crippen molar-refractivity contribution in [3.8, 4) is 11.4 Å². The molecule has 4 rings (SSSR count). The van der Waals surface area contributed by atoms with Gasteiger partial charge in [-0.3, -0.25) is 9.20 Å². The lowest BCUT2D eigenvalue weighted by Crippen LogP contribution is -2.15. The zero-order valence-corrected chi connectivity index (χ0v) is 14.4. The second kappa shape index (κ2) is 6.48. The number of rotatable bonds is 4. The van der Waals surface area contributed by atoms with Crippen LogP contribution in [-0.4, -0.2) is 25.4 Å². The Morgan fingerprint density at radius 1 is 1.21 bits per heavy atom. The summed E-state index contributed by atoms with van der Waals surface area (Å²) < 4.78 is 47.0. The van der Waals surface area contributed by atoms with Crippen molar-refractivity contribution in [2.45, 2.75) is 12.8 Å². The molecule has 0 atom stereocenters. The summed E-state index contributed by atoms with van der Waals surface area (Å²) in [5, 5.41) is 6.10. The average Bonchev–Trinajstić information content (AvgIpc) is 3.32. The Balaban J connectivity index is 1.65. The van der Waals surface area contributed by atoms with Gasteiger partial charge in [-0.15, -0.1) is 0 Å². The van der Waals surface area contributed by atoms with Crippen LogP contribution in [0.1, 0.15) is 23.0 Å². The molecule has 0 saturated heterocycles. The number of pyridine rings is 1. The molecule has 0 aliphatic heterocycles. The van der Waals surface area contributed by atoms with Crippen molar-refractivity contribution in [2.24, 2.45) is 0 Å². The smallest absolute Gasteiger partial charge is 0.274 e. The Bertz CT molecular complexity index is 1170. The number of halogens is 3. The van der Waals surface area contributed by atoms with Gasteiger partial charge in [0.1, 0.15) is 17.2 Å². The summed E-state index contributed by atoms with van der Waals surface area (Å²) in [6, 6.07) is 6.34. The summed E-state index contributed by atoms with van der Waals surface area (Å²) in [5.74, 6) is -4.12. The van der Waals surface area contributed by atoms with Crippen molar-refractivity contribution in [3.63, 3.8) is 0 Å². The fourth-order valence-corrected chi connectivity index (χ4v) is 2.67. The van der Waals surface area contributed by atoms with E-state index in [0.717, 1.165) is 19.4 Å². The predicted octanol–water partition coefficient (Wildman–Crippen LogP) is 3.89. The standard InChI is InChI=1S/C18H12F3N5O2/c1-18(20,21)11-4-5-26-14(8-22-15(26)7-11)17(27)24-13-6-10(2-3-12(13)19)16-23-9-28-25-16/h2-9H,1H3,(H,24,27). The highest BCUT2D eigenvalue weighted by Gasteiger charge is 2.25. The molecule has 4 aromatic rings. The fraction of sp³-hybridized carbons (Fsp3) is 0.111. The van der Waals surface area contributed by atoms with Crippen LogP contribution in [0.15, 0.2) is 53.6 Å². The van der Waals surface area contributed by atoms with Gasteiger partial charge in [-0.2, -0.15) is 4.98 Å². The molecule has 10 heteroatoms. The van der Waals surface area contributed by atoms with E-state index in [0.29, 0.717) is 5.56 Å². The topological polar surface area (TPSA) is 85.3 Å². The summed E-state index contributed by atoms with van der Waals surface area (Å²) in [5.41, 5.74) is 0.351. The molecule has 1 amide bonds. The summed E-state index contributed by atoms with van der Waals surface area (Å²) >= 11 is 0. The molecule has 1 aromatic carbocycles. The molecule has 0 radical (unpaired) electrons. The van der Waals surface area contributed by atoms with Crippen LogP contribution in [0.4, 0.5) is 18.9 Å². The van der Waals surface area contributed by atoms with Gasteiger partial charge in [-0.1, -0.05) is 5.16 Å². The third-order valence-electron chi connectivity index (χ3n) is 4.09. The van der Waals surface area contributed by atoms with Crippen LogP contribution >= 0.6 is 0 Å². The van der Waals surface area contributed by atoms with E-state index in [1.54, 1.807) is 0 Å². The first-order chi connectivity index (χ1) is 13.3. The highest BCUT2D eigenvalue weighted by molar-refractivity contribution is 6.03. The number of carbonyl (C=O) groups is 1. The maximum Gasteiger partial charge on any atom is 0.274 e. The summed E-state index contributed by atoms with van der Waals surface area (Å²) in [4.78, 5) is 20.4. The number of benzene rings is 1. The van der Waals surface area contributed by atoms with Gasteiger partial charge in [0.15, 0.2) is 0 Å². The van der Waals surface area contributed by atoms with E-state index >= 15 is 0 Å². The van der Waals surface area contributed by atoms with Crippen LogP contribution in [0.5, 0.6) is 0 Å². The van der Waals surface area contributed by atoms with Crippen LogP contribution in [0.25, 0.3) is 17.0 Å². The maximum absolute atomic E-state index is 14.1. The minimum atomic E-state index is -3.03. The third kappa shape index (κ3) is 3.20. The molecule has 0 aliphatic rings. The summed E-state index contributed by atoms with van der Waals surface area (Å²) in [6.45, 7) is 0.773. The lowest BCUT2D eigenvalue weighted by atomic mass is 10.1. The summed E-state index contributed by atoms with van der Waals surface area (Å²) in [6.07, 6.45) is 3.67. The van der Waals surface area contributed by atoms with E-state index in [2.05, 4.69) is 25.0 Å². The summed E-state index contributed by atoms with van der Waals surface area (Å²) in [7, 11) is 0. The Kier molecular flexibility index (Phi) is 4.10. The van der Waals surface area contributed by atoms with E-state index < -0.39 is 17.6 Å². The molecule has 0 fully saturated rings. The molecule has 142 valence electrons. The van der Waals surface area contributed by atoms with Crippen molar-refractivity contribution >= 4 is 17.2 Å². The first-order valence-corrected chi connectivity index (χ1v) is 8.06. The second-order valence-electron chi connectivity index (χ2n) is 6.08. The Hall–Kier alpha value is -3.69. The zero-order valence-electron chi connectivity index (χ0n) is 14.4. The van der Waals surface area contributed by atoms with Gasteiger partial charge in [-0.05, 0) is 30.3 Å². The number of anilines is 1. The van der Waals surface area contributed by atoms with Gasteiger partial charge < -0.3 is 9.84 Å². The van der Waals surface area contributed by atoms with Crippen molar-refractivity contribution in [1.29, 1.82) is 0 Å². The number of hydrogen-bond donors (Lipinski definition) is 1. The number of imidazole rings is 1. The van der Waals surface area contributed by atoms with Crippen LogP contribution in [0.2, 0.25) is 0 Å². The number of nitrogens with zero attached hydrogens (tertiary/aromatic N) is 4. The number of nitrogens with one attached hydrogen (secondary N) is 1. The van der Waals surface area contributed by atoms with Gasteiger partial charge in [0.2, 0.25) is 12.2 Å². The largest absolute Gasteiger partial charge is 0.342 e. The van der Waals surface area contributed by atoms with Gasteiger partial charge in [0.25, 0.3) is 11.8 Å². The number of fused-ring (bicyclic) bond motifs is 1. The SMILES string of the molecule is CC(F)(F)c1ccn2c(C(=O)Nc3cc(-c4ncon4)ccc3F)cnc2c1. The number of carbonyl (C=O) groups excluding carboxylic acids is 1. The van der Waals surface area contributed by atoms with Crippen LogP contribution < -0.4 is 5.32 Å². The van der Waals surface area contributed by atoms with Crippen LogP contribution in [0, 0.1) is 5.82 Å². The number of alkyl halides is 2. The van der Waals surface area contributed by atoms with E-state index in [1.807, 2.05) is 0 Å². The first kappa shape index (κ1) is 17.7. The molecule has 0 spiro atoms. The zero-order chi connectivity index (χ0) is 19.9. The van der Waals surface area contributed by atoms with Crippen molar-refractivity contribution in [2.75, 3.05) is 5.32 Å². The fourth-order valence-electron chi connectivity index (χ4n) is 2.67. The average molecular weight is 387 g/mol. The van der Waals surface area contributed by atoms with Gasteiger partial charge in [-0.25, -0.2) is 18.2 Å². The lowest BCUT2D eigenvalue weighted by Gasteiger charge is -2.11. The lowest BCUT2D eigenvalue weighted by molar-refractivity contribution is 0.0175. The van der Waals surface area contributed by atoms with Gasteiger partial charge in [0.05, 0.1) is 11.9 Å². The Morgan fingerprint density at radius 2 is 2.04 bits per heavy atom. The van der Waals surface area contributed by atoms with Gasteiger partial charge in [0, 0.05) is 24.2 Å². The van der Waals surface area contributed by atoms with Crippen LogP contribution in [0.3, 0.4) is 0 Å². The monoisotopic (exact) mass is 387 g/mol. The predicted molar refractivity (Wildman–Crippen MR) is 92.4 cm³/mol. The highest BCUT2D eigenvalue weighted by Crippen LogP contribution is 2.28. The number of amides is 1. The molecule has 7 nitrogen and oxygen atoms in total. The molecule has 3 aromatic heterocycles. The van der Waals surface area contributed by atoms with E-state index in [1.165, 1.54) is 41.1 Å². The van der Waals surface area contributed by atoms with E-state index in [9.17, 15) is 18.0 Å². The van der Waals surface area contributed by atoms with Crippen molar-refractivity contribution < 1.29 is 22.5 Å². The molecule has 0 bridgehead atoms. The second-order valence-corrected chi connectivity index (χ2v) is 6.08. The van der Waals surface area contributed by atoms with E-state index in [4.69, 9.17) is 0 Å². The van der Waals surface area contributed by atoms with Crippen molar-refractivity contribution in [3.05, 3.63) is 66.2 Å². The maximum atomic E-state index is 14.1. The Labute approximate surface area is 155 Å². The third-order valence-corrected chi connectivity index (χ3v) is 4.09. The minimum Gasteiger partial charge on any atom is -0.342 e. The Morgan fingerprint density at radius 3 is 2.75 bits per heavy atom. The normalized spacial score (nSPS) is 11.7. The minimum absolute atomic E-state index is 0.0605. The molecule has 28 heavy (non-hydrogen) atoms.